The van der Waals surface area contributed by atoms with Crippen molar-refractivity contribution < 1.29 is 9.21 Å². The molecule has 18 heavy (non-hydrogen) atoms. The van der Waals surface area contributed by atoms with Crippen LogP contribution in [-0.2, 0) is 0 Å². The molecule has 0 saturated heterocycles. The predicted molar refractivity (Wildman–Crippen MR) is 72.2 cm³/mol. The number of thiophene rings is 1. The fourth-order valence-corrected chi connectivity index (χ4v) is 2.31. The molecule has 0 radical (unpaired) electrons. The van der Waals surface area contributed by atoms with Crippen LogP contribution in [0.1, 0.15) is 32.8 Å². The fraction of sp³-hybridized carbons (Fsp3) is 0.231. The van der Waals surface area contributed by atoms with Gasteiger partial charge in [0.2, 0.25) is 0 Å². The van der Waals surface area contributed by atoms with Crippen LogP contribution in [0.15, 0.2) is 34.0 Å². The average molecular weight is 262 g/mol. The first kappa shape index (κ1) is 12.6. The summed E-state index contributed by atoms with van der Waals surface area (Å²) in [6, 6.07) is 5.65. The molecule has 0 bridgehead atoms. The maximum atomic E-state index is 11.8. The van der Waals surface area contributed by atoms with Gasteiger partial charge in [0.25, 0.3) is 5.91 Å². The van der Waals surface area contributed by atoms with E-state index in [0.717, 1.165) is 10.6 Å². The number of rotatable bonds is 3. The molecule has 1 N–H and O–H groups in total. The summed E-state index contributed by atoms with van der Waals surface area (Å²) >= 11 is 1.65. The van der Waals surface area contributed by atoms with E-state index in [4.69, 9.17) is 4.42 Å². The summed E-state index contributed by atoms with van der Waals surface area (Å²) < 4.78 is 5.07. The molecule has 0 saturated carbocycles. The van der Waals surface area contributed by atoms with Crippen molar-refractivity contribution >= 4 is 23.0 Å². The van der Waals surface area contributed by atoms with Crippen molar-refractivity contribution in [3.8, 4) is 0 Å². The molecule has 0 atom stereocenters. The molecule has 0 fully saturated rings. The van der Waals surface area contributed by atoms with Gasteiger partial charge in [-0.3, -0.25) is 4.79 Å². The number of carbonyl (C=O) groups is 1. The normalized spacial score (nSPS) is 11.6. The van der Waals surface area contributed by atoms with Gasteiger partial charge < -0.3 is 4.42 Å². The zero-order valence-corrected chi connectivity index (χ0v) is 11.3. The molecule has 0 unspecified atom stereocenters. The standard InChI is InChI=1S/C13H14N2O2S/c1-8-4-5-12(18-8)9(2)14-15-13(16)11-6-7-17-10(11)3/h4-7H,1-3H3,(H,15,16)/b14-9-. The predicted octanol–water partition coefficient (Wildman–Crippen LogP) is 3.11. The third-order valence-corrected chi connectivity index (χ3v) is 3.64. The Morgan fingerprint density at radius 1 is 1.33 bits per heavy atom. The van der Waals surface area contributed by atoms with Crippen LogP contribution in [-0.4, -0.2) is 11.6 Å². The van der Waals surface area contributed by atoms with Gasteiger partial charge in [0, 0.05) is 4.88 Å². The van der Waals surface area contributed by atoms with Crippen LogP contribution in [0.3, 0.4) is 0 Å². The first-order chi connectivity index (χ1) is 8.58. The van der Waals surface area contributed by atoms with Gasteiger partial charge in [0.15, 0.2) is 0 Å². The first-order valence-corrected chi connectivity index (χ1v) is 6.35. The third-order valence-electron chi connectivity index (χ3n) is 2.53. The van der Waals surface area contributed by atoms with E-state index >= 15 is 0 Å². The van der Waals surface area contributed by atoms with E-state index in [1.54, 1.807) is 24.3 Å². The van der Waals surface area contributed by atoms with E-state index in [0.29, 0.717) is 11.3 Å². The maximum Gasteiger partial charge on any atom is 0.274 e. The molecule has 2 aromatic heterocycles. The second-order valence-corrected chi connectivity index (χ2v) is 5.23. The highest BCUT2D eigenvalue weighted by molar-refractivity contribution is 7.14. The minimum Gasteiger partial charge on any atom is -0.469 e. The molecular formula is C13H14N2O2S. The fourth-order valence-electron chi connectivity index (χ4n) is 1.50. The molecule has 0 spiro atoms. The van der Waals surface area contributed by atoms with Crippen LogP contribution in [0.25, 0.3) is 0 Å². The van der Waals surface area contributed by atoms with Crippen molar-refractivity contribution in [1.82, 2.24) is 5.43 Å². The molecule has 2 rings (SSSR count). The van der Waals surface area contributed by atoms with Gasteiger partial charge in [-0.2, -0.15) is 5.10 Å². The second-order valence-electron chi connectivity index (χ2n) is 3.94. The van der Waals surface area contributed by atoms with E-state index in [2.05, 4.69) is 10.5 Å². The number of aryl methyl sites for hydroxylation is 2. The van der Waals surface area contributed by atoms with Crippen molar-refractivity contribution in [2.45, 2.75) is 20.8 Å². The molecule has 5 heteroatoms. The summed E-state index contributed by atoms with van der Waals surface area (Å²) in [5, 5.41) is 4.09. The summed E-state index contributed by atoms with van der Waals surface area (Å²) in [5.41, 5.74) is 3.83. The van der Waals surface area contributed by atoms with Gasteiger partial charge in [0.05, 0.1) is 22.4 Å². The summed E-state index contributed by atoms with van der Waals surface area (Å²) in [4.78, 5) is 14.1. The van der Waals surface area contributed by atoms with Gasteiger partial charge >= 0.3 is 0 Å². The van der Waals surface area contributed by atoms with Gasteiger partial charge in [-0.1, -0.05) is 0 Å². The van der Waals surface area contributed by atoms with E-state index in [1.807, 2.05) is 26.0 Å². The van der Waals surface area contributed by atoms with Crippen LogP contribution >= 0.6 is 11.3 Å². The molecule has 0 aromatic carbocycles. The van der Waals surface area contributed by atoms with Crippen LogP contribution in [0.4, 0.5) is 0 Å². The molecule has 2 heterocycles. The van der Waals surface area contributed by atoms with E-state index in [9.17, 15) is 4.79 Å². The largest absolute Gasteiger partial charge is 0.469 e. The van der Waals surface area contributed by atoms with Crippen LogP contribution in [0, 0.1) is 13.8 Å². The van der Waals surface area contributed by atoms with Crippen molar-refractivity contribution in [2.24, 2.45) is 5.10 Å². The van der Waals surface area contributed by atoms with Gasteiger partial charge in [-0.15, -0.1) is 11.3 Å². The molecular weight excluding hydrogens is 248 g/mol. The van der Waals surface area contributed by atoms with Gasteiger partial charge in [-0.25, -0.2) is 5.43 Å². The highest BCUT2D eigenvalue weighted by Crippen LogP contribution is 2.15. The Morgan fingerprint density at radius 2 is 2.11 bits per heavy atom. The molecule has 0 aliphatic heterocycles. The Kier molecular flexibility index (Phi) is 3.62. The molecule has 1 amide bonds. The highest BCUT2D eigenvalue weighted by atomic mass is 32.1. The molecule has 0 aliphatic carbocycles. The smallest absolute Gasteiger partial charge is 0.274 e. The number of hydrazone groups is 1. The monoisotopic (exact) mass is 262 g/mol. The number of furan rings is 1. The van der Waals surface area contributed by atoms with Crippen molar-refractivity contribution in [3.05, 3.63) is 45.5 Å². The average Bonchev–Trinajstić information content (AvgIpc) is 2.94. The number of nitrogens with one attached hydrogen (secondary N) is 1. The Bertz CT molecular complexity index is 596. The summed E-state index contributed by atoms with van der Waals surface area (Å²) in [6.45, 7) is 5.65. The number of nitrogens with zero attached hydrogens (tertiary/aromatic N) is 1. The molecule has 2 aromatic rings. The van der Waals surface area contributed by atoms with Crippen molar-refractivity contribution in [1.29, 1.82) is 0 Å². The number of hydrogen-bond donors (Lipinski definition) is 1. The van der Waals surface area contributed by atoms with Crippen molar-refractivity contribution in [3.63, 3.8) is 0 Å². The Labute approximate surface area is 109 Å². The van der Waals surface area contributed by atoms with Gasteiger partial charge in [-0.05, 0) is 39.0 Å². The summed E-state index contributed by atoms with van der Waals surface area (Å²) in [6.07, 6.45) is 1.49. The van der Waals surface area contributed by atoms with Crippen LogP contribution in [0.2, 0.25) is 0 Å². The third kappa shape index (κ3) is 2.68. The van der Waals surface area contributed by atoms with Crippen LogP contribution < -0.4 is 5.43 Å². The lowest BCUT2D eigenvalue weighted by molar-refractivity contribution is 0.0953. The van der Waals surface area contributed by atoms with Gasteiger partial charge in [0.1, 0.15) is 5.76 Å². The Balaban J connectivity index is 2.07. The SMILES string of the molecule is C/C(=N/NC(=O)c1ccoc1C)c1ccc(C)s1. The number of carbonyl (C=O) groups excluding carboxylic acids is 1. The molecule has 94 valence electrons. The summed E-state index contributed by atoms with van der Waals surface area (Å²) in [7, 11) is 0. The van der Waals surface area contributed by atoms with E-state index in [1.165, 1.54) is 11.1 Å². The molecule has 0 aliphatic rings. The Morgan fingerprint density at radius 3 is 2.67 bits per heavy atom. The Hall–Kier alpha value is -1.88. The first-order valence-electron chi connectivity index (χ1n) is 5.53. The quantitative estimate of drug-likeness (QED) is 0.682. The number of amides is 1. The minimum atomic E-state index is -0.256. The summed E-state index contributed by atoms with van der Waals surface area (Å²) in [5.74, 6) is 0.334. The van der Waals surface area contributed by atoms with E-state index < -0.39 is 0 Å². The maximum absolute atomic E-state index is 11.8. The topological polar surface area (TPSA) is 54.6 Å². The zero-order valence-electron chi connectivity index (χ0n) is 10.5. The number of hydrogen-bond acceptors (Lipinski definition) is 4. The van der Waals surface area contributed by atoms with Crippen molar-refractivity contribution in [2.75, 3.05) is 0 Å². The second kappa shape index (κ2) is 5.18. The minimum absolute atomic E-state index is 0.256. The lowest BCUT2D eigenvalue weighted by atomic mass is 10.2. The van der Waals surface area contributed by atoms with E-state index in [-0.39, 0.29) is 5.91 Å². The highest BCUT2D eigenvalue weighted by Gasteiger charge is 2.10. The van der Waals surface area contributed by atoms with Crippen LogP contribution in [0.5, 0.6) is 0 Å². The molecule has 4 nitrogen and oxygen atoms in total. The lowest BCUT2D eigenvalue weighted by Crippen LogP contribution is -2.19. The zero-order chi connectivity index (χ0) is 13.1. The lowest BCUT2D eigenvalue weighted by Gasteiger charge is -2.00.